The van der Waals surface area contributed by atoms with Gasteiger partial charge in [-0.15, -0.1) is 5.10 Å². The fourth-order valence-electron chi connectivity index (χ4n) is 3.32. The van der Waals surface area contributed by atoms with Crippen molar-refractivity contribution < 1.29 is 14.3 Å². The third-order valence-corrected chi connectivity index (χ3v) is 5.58. The Kier molecular flexibility index (Phi) is 7.79. The minimum Gasteiger partial charge on any atom is -0.491 e. The Morgan fingerprint density at radius 2 is 2.23 bits per heavy atom. The summed E-state index contributed by atoms with van der Waals surface area (Å²) in [6.07, 6.45) is 3.81. The second-order valence-electron chi connectivity index (χ2n) is 7.56. The maximum Gasteiger partial charge on any atom is 0.338 e. The highest BCUT2D eigenvalue weighted by Gasteiger charge is 2.35. The van der Waals surface area contributed by atoms with Gasteiger partial charge >= 0.3 is 5.97 Å². The van der Waals surface area contributed by atoms with Crippen molar-refractivity contribution in [1.29, 1.82) is 0 Å². The molecule has 0 saturated carbocycles. The summed E-state index contributed by atoms with van der Waals surface area (Å²) in [5, 5.41) is 8.63. The summed E-state index contributed by atoms with van der Waals surface area (Å²) in [6, 6.07) is 7.26. The van der Waals surface area contributed by atoms with Gasteiger partial charge in [0.05, 0.1) is 11.7 Å². The van der Waals surface area contributed by atoms with Gasteiger partial charge < -0.3 is 14.8 Å². The van der Waals surface area contributed by atoms with E-state index in [1.807, 2.05) is 45.0 Å². The molecule has 166 valence electrons. The zero-order valence-corrected chi connectivity index (χ0v) is 19.4. The minimum atomic E-state index is -0.475. The Morgan fingerprint density at radius 3 is 2.94 bits per heavy atom. The van der Waals surface area contributed by atoms with Crippen LogP contribution < -0.4 is 10.1 Å². The van der Waals surface area contributed by atoms with Gasteiger partial charge in [-0.25, -0.2) is 9.48 Å². The van der Waals surface area contributed by atoms with Crippen LogP contribution in [0.4, 0.5) is 5.95 Å². The number of anilines is 1. The van der Waals surface area contributed by atoms with Crippen molar-refractivity contribution >= 4 is 23.7 Å². The van der Waals surface area contributed by atoms with Gasteiger partial charge in [-0.2, -0.15) is 4.98 Å². The number of unbranched alkanes of at least 4 members (excludes halogenated alkanes) is 1. The molecule has 2 heterocycles. The van der Waals surface area contributed by atoms with E-state index < -0.39 is 12.0 Å². The molecule has 0 bridgehead atoms. The highest BCUT2D eigenvalue weighted by atomic mass is 32.2. The Hall–Kier alpha value is -2.74. The molecule has 0 saturated heterocycles. The number of nitrogens with one attached hydrogen (secondary N) is 1. The zero-order valence-electron chi connectivity index (χ0n) is 18.6. The number of nitrogens with zero attached hydrogens (tertiary/aromatic N) is 3. The lowest BCUT2D eigenvalue weighted by molar-refractivity contribution is -0.138. The summed E-state index contributed by atoms with van der Waals surface area (Å²) in [5.74, 6) is 1.88. The maximum absolute atomic E-state index is 13.0. The second-order valence-corrected chi connectivity index (χ2v) is 8.62. The monoisotopic (exact) mass is 442 g/mol. The van der Waals surface area contributed by atoms with Gasteiger partial charge in [0, 0.05) is 11.4 Å². The fraction of sp³-hybridized carbons (Fsp3) is 0.435. The lowest BCUT2D eigenvalue weighted by atomic mass is 9.95. The Morgan fingerprint density at radius 1 is 1.42 bits per heavy atom. The molecule has 0 aliphatic carbocycles. The minimum absolute atomic E-state index is 0.0427. The average Bonchev–Trinajstić information content (AvgIpc) is 3.13. The smallest absolute Gasteiger partial charge is 0.338 e. The van der Waals surface area contributed by atoms with Crippen LogP contribution in [-0.4, -0.2) is 39.2 Å². The second kappa shape index (κ2) is 10.5. The lowest BCUT2D eigenvalue weighted by Crippen LogP contribution is -2.29. The molecule has 1 aliphatic rings. The van der Waals surface area contributed by atoms with Crippen LogP contribution in [0, 0.1) is 0 Å². The van der Waals surface area contributed by atoms with E-state index in [-0.39, 0.29) is 12.7 Å². The van der Waals surface area contributed by atoms with E-state index in [1.54, 1.807) is 22.5 Å². The summed E-state index contributed by atoms with van der Waals surface area (Å²) in [6.45, 7) is 11.7. The Balaban J connectivity index is 2.04. The molecule has 1 aliphatic heterocycles. The number of benzene rings is 1. The van der Waals surface area contributed by atoms with E-state index in [2.05, 4.69) is 23.8 Å². The molecule has 0 fully saturated rings. The topological polar surface area (TPSA) is 78.3 Å². The highest BCUT2D eigenvalue weighted by Crippen LogP contribution is 2.37. The van der Waals surface area contributed by atoms with Crippen molar-refractivity contribution in [3.63, 3.8) is 0 Å². The number of ether oxygens (including phenoxy) is 2. The highest BCUT2D eigenvalue weighted by molar-refractivity contribution is 7.99. The number of carbonyl (C=O) groups excluding carboxylic acids is 1. The van der Waals surface area contributed by atoms with Crippen molar-refractivity contribution in [3.05, 3.63) is 53.8 Å². The number of fused-ring (bicyclic) bond motifs is 1. The third kappa shape index (κ3) is 5.50. The molecule has 0 amide bonds. The van der Waals surface area contributed by atoms with Crippen molar-refractivity contribution in [1.82, 2.24) is 14.8 Å². The normalized spacial score (nSPS) is 15.5. The molecule has 7 nitrogen and oxygen atoms in total. The first-order valence-corrected chi connectivity index (χ1v) is 11.5. The van der Waals surface area contributed by atoms with E-state index in [9.17, 15) is 4.79 Å². The molecule has 2 aromatic rings. The van der Waals surface area contributed by atoms with Gasteiger partial charge in [0.1, 0.15) is 18.4 Å². The predicted molar refractivity (Wildman–Crippen MR) is 123 cm³/mol. The Bertz CT molecular complexity index is 967. The molecule has 1 atom stereocenters. The van der Waals surface area contributed by atoms with Crippen LogP contribution in [-0.2, 0) is 9.53 Å². The summed E-state index contributed by atoms with van der Waals surface area (Å²) in [4.78, 5) is 17.6. The van der Waals surface area contributed by atoms with Crippen molar-refractivity contribution in [3.8, 4) is 5.75 Å². The van der Waals surface area contributed by atoms with Gasteiger partial charge in [-0.3, -0.25) is 0 Å². The Labute approximate surface area is 187 Å². The molecular formula is C23H30N4O3S. The van der Waals surface area contributed by atoms with E-state index >= 15 is 0 Å². The number of aromatic nitrogens is 3. The third-order valence-electron chi connectivity index (χ3n) is 4.66. The first-order valence-electron chi connectivity index (χ1n) is 10.6. The summed E-state index contributed by atoms with van der Waals surface area (Å²) >= 11 is 1.62. The molecule has 0 radical (unpaired) electrons. The SMILES string of the molecule is C=CCOC(=O)C1=C(C)Nc2nc(SCCCC)nn2C1c1cccc(OC(C)C)c1. The molecule has 1 aromatic carbocycles. The number of thioether (sulfide) groups is 1. The van der Waals surface area contributed by atoms with Crippen LogP contribution in [0.5, 0.6) is 5.75 Å². The van der Waals surface area contributed by atoms with Gasteiger partial charge in [0.2, 0.25) is 11.1 Å². The maximum atomic E-state index is 13.0. The van der Waals surface area contributed by atoms with Crippen LogP contribution in [0.3, 0.4) is 0 Å². The van der Waals surface area contributed by atoms with Crippen LogP contribution in [0.15, 0.2) is 53.3 Å². The first-order chi connectivity index (χ1) is 14.9. The van der Waals surface area contributed by atoms with Crippen LogP contribution in [0.2, 0.25) is 0 Å². The lowest BCUT2D eigenvalue weighted by Gasteiger charge is -2.28. The van der Waals surface area contributed by atoms with E-state index in [1.165, 1.54) is 0 Å². The quantitative estimate of drug-likeness (QED) is 0.241. The molecule has 1 aromatic heterocycles. The molecule has 1 unspecified atom stereocenters. The number of esters is 1. The van der Waals surface area contributed by atoms with Crippen molar-refractivity contribution in [2.75, 3.05) is 17.7 Å². The molecule has 31 heavy (non-hydrogen) atoms. The largest absolute Gasteiger partial charge is 0.491 e. The molecule has 1 N–H and O–H groups in total. The predicted octanol–water partition coefficient (Wildman–Crippen LogP) is 4.98. The standard InChI is InChI=1S/C23H30N4O3S/c1-6-8-13-31-23-25-22-24-16(5)19(21(28)29-12-7-2)20(27(22)26-23)17-10-9-11-18(14-17)30-15(3)4/h7,9-11,14-15,20H,2,6,8,12-13H2,1,3-5H3,(H,24,25,26). The molecule has 0 spiro atoms. The van der Waals surface area contributed by atoms with Crippen molar-refractivity contribution in [2.45, 2.75) is 57.8 Å². The number of rotatable bonds is 10. The van der Waals surface area contributed by atoms with E-state index in [0.29, 0.717) is 22.4 Å². The number of hydrogen-bond donors (Lipinski definition) is 1. The molecule has 3 rings (SSSR count). The van der Waals surface area contributed by atoms with Crippen molar-refractivity contribution in [2.24, 2.45) is 0 Å². The van der Waals surface area contributed by atoms with Crippen LogP contribution in [0.1, 0.15) is 52.1 Å². The summed E-state index contributed by atoms with van der Waals surface area (Å²) < 4.78 is 13.0. The van der Waals surface area contributed by atoms with Crippen LogP contribution in [0.25, 0.3) is 0 Å². The van der Waals surface area contributed by atoms with E-state index in [0.717, 1.165) is 29.9 Å². The van der Waals surface area contributed by atoms with Crippen LogP contribution >= 0.6 is 11.8 Å². The number of allylic oxidation sites excluding steroid dienone is 1. The zero-order chi connectivity index (χ0) is 22.4. The molecular weight excluding hydrogens is 412 g/mol. The van der Waals surface area contributed by atoms with Gasteiger partial charge in [0.15, 0.2) is 0 Å². The van der Waals surface area contributed by atoms with Gasteiger partial charge in [-0.1, -0.05) is 49.9 Å². The summed E-state index contributed by atoms with van der Waals surface area (Å²) in [7, 11) is 0. The fourth-order valence-corrected chi connectivity index (χ4v) is 4.23. The van der Waals surface area contributed by atoms with E-state index in [4.69, 9.17) is 14.6 Å². The number of hydrogen-bond acceptors (Lipinski definition) is 7. The summed E-state index contributed by atoms with van der Waals surface area (Å²) in [5.41, 5.74) is 2.06. The first kappa shape index (κ1) is 22.9. The van der Waals surface area contributed by atoms with Gasteiger partial charge in [-0.05, 0) is 44.9 Å². The molecule has 8 heteroatoms. The number of carbonyl (C=O) groups is 1. The van der Waals surface area contributed by atoms with Gasteiger partial charge in [0.25, 0.3) is 0 Å². The average molecular weight is 443 g/mol.